The molecule has 2 aliphatic heterocycles. The van der Waals surface area contributed by atoms with Gasteiger partial charge in [0.05, 0.1) is 6.54 Å². The van der Waals surface area contributed by atoms with Crippen molar-refractivity contribution >= 4 is 39.4 Å². The fourth-order valence-electron chi connectivity index (χ4n) is 2.42. The van der Waals surface area contributed by atoms with Crippen molar-refractivity contribution in [2.24, 2.45) is 0 Å². The van der Waals surface area contributed by atoms with Crippen molar-refractivity contribution in [3.8, 4) is 0 Å². The summed E-state index contributed by atoms with van der Waals surface area (Å²) >= 11 is 2.74. The molecule has 1 aromatic rings. The smallest absolute Gasteiger partial charge is 0.186 e. The van der Waals surface area contributed by atoms with E-state index in [2.05, 4.69) is 33.5 Å². The second kappa shape index (κ2) is 4.71. The first kappa shape index (κ1) is 13.3. The first-order valence-electron chi connectivity index (χ1n) is 5.91. The molecule has 0 saturated carbocycles. The van der Waals surface area contributed by atoms with Gasteiger partial charge in [-0.25, -0.2) is 4.31 Å². The van der Waals surface area contributed by atoms with Crippen LogP contribution in [0.3, 0.4) is 0 Å². The summed E-state index contributed by atoms with van der Waals surface area (Å²) in [7, 11) is 0. The van der Waals surface area contributed by atoms with Gasteiger partial charge >= 0.3 is 0 Å². The fraction of sp³-hybridized carbons (Fsp3) is 0.308. The Hall–Kier alpha value is -0.660. The summed E-state index contributed by atoms with van der Waals surface area (Å²) in [6, 6.07) is 6.04. The van der Waals surface area contributed by atoms with Crippen molar-refractivity contribution in [2.75, 3.05) is 6.54 Å². The Kier molecular flexibility index (Phi) is 3.31. The molecule has 6 heteroatoms. The van der Waals surface area contributed by atoms with Crippen LogP contribution in [0.2, 0.25) is 0 Å². The number of carbonyl (C=O) groups is 1. The largest absolute Gasteiger partial charge is 0.367 e. The second-order valence-electron chi connectivity index (χ2n) is 4.66. The molecule has 3 atom stereocenters. The van der Waals surface area contributed by atoms with Crippen LogP contribution in [0.15, 0.2) is 33.0 Å². The number of halogens is 1. The summed E-state index contributed by atoms with van der Waals surface area (Å²) in [5, 5.41) is 11.8. The highest BCUT2D eigenvalue weighted by Gasteiger charge is 2.46. The second-order valence-corrected chi connectivity index (χ2v) is 7.47. The Morgan fingerprint density at radius 2 is 2.42 bits per heavy atom. The summed E-state index contributed by atoms with van der Waals surface area (Å²) < 4.78 is 8.33. The summed E-state index contributed by atoms with van der Waals surface area (Å²) in [5.41, 5.74) is 0.0857. The molecule has 4 nitrogen and oxygen atoms in total. The lowest BCUT2D eigenvalue weighted by molar-refractivity contribution is -0.155. The molecule has 0 aromatic heterocycles. The molecule has 0 spiro atoms. The molecule has 2 unspecified atom stereocenters. The number of rotatable bonds is 2. The lowest BCUT2D eigenvalue weighted by Crippen LogP contribution is -2.40. The van der Waals surface area contributed by atoms with Gasteiger partial charge in [0, 0.05) is 14.9 Å². The number of aliphatic hydroxyl groups is 1. The van der Waals surface area contributed by atoms with Crippen LogP contribution in [0.1, 0.15) is 12.5 Å². The van der Waals surface area contributed by atoms with E-state index in [9.17, 15) is 9.90 Å². The molecule has 0 amide bonds. The third kappa shape index (κ3) is 2.08. The molecule has 1 fully saturated rings. The van der Waals surface area contributed by atoms with Crippen molar-refractivity contribution in [3.05, 3.63) is 33.6 Å². The molecular weight excluding hydrogens is 330 g/mol. The lowest BCUT2D eigenvalue weighted by atomic mass is 10.2. The number of nitrogens with zero attached hydrogens (tertiary/aromatic N) is 1. The Labute approximate surface area is 122 Å². The minimum atomic E-state index is -1.06. The van der Waals surface area contributed by atoms with Gasteiger partial charge in [0.2, 0.25) is 0 Å². The van der Waals surface area contributed by atoms with Crippen molar-refractivity contribution in [3.63, 3.8) is 0 Å². The molecule has 2 heterocycles. The van der Waals surface area contributed by atoms with Gasteiger partial charge in [-0.05, 0) is 30.5 Å². The fourth-order valence-corrected chi connectivity index (χ4v) is 5.46. The Morgan fingerprint density at radius 1 is 1.63 bits per heavy atom. The number of thiol groups is 1. The predicted octanol–water partition coefficient (Wildman–Crippen LogP) is 2.27. The van der Waals surface area contributed by atoms with Gasteiger partial charge in [0.25, 0.3) is 0 Å². The van der Waals surface area contributed by atoms with E-state index in [1.807, 2.05) is 16.4 Å². The molecule has 102 valence electrons. The van der Waals surface area contributed by atoms with E-state index in [1.165, 1.54) is 4.90 Å². The number of benzene rings is 1. The zero-order valence-electron chi connectivity index (χ0n) is 10.3. The molecule has 0 radical (unpaired) electrons. The van der Waals surface area contributed by atoms with E-state index in [4.69, 9.17) is 4.74 Å². The van der Waals surface area contributed by atoms with Crippen LogP contribution in [-0.4, -0.2) is 34.3 Å². The maximum atomic E-state index is 11.3. The predicted molar refractivity (Wildman–Crippen MR) is 78.7 cm³/mol. The zero-order chi connectivity index (χ0) is 13.6. The van der Waals surface area contributed by atoms with Crippen LogP contribution < -0.4 is 0 Å². The summed E-state index contributed by atoms with van der Waals surface area (Å²) in [5.74, 6) is 0. The molecule has 0 bridgehead atoms. The average molecular weight is 344 g/mol. The van der Waals surface area contributed by atoms with Gasteiger partial charge in [-0.1, -0.05) is 22.0 Å². The van der Waals surface area contributed by atoms with E-state index >= 15 is 0 Å². The SMILES string of the molecule is CC1(C=O)O[C@@H](O)CN1[SH]1C=Cc2c(Br)cccc21. The number of β-amino-alcohol motifs (C(OH)–C–C–N with tert-alkyl or cyclic N) is 1. The minimum absolute atomic E-state index is 0.344. The zero-order valence-corrected chi connectivity index (χ0v) is 12.8. The topological polar surface area (TPSA) is 49.8 Å². The number of ether oxygens (including phenoxy) is 1. The van der Waals surface area contributed by atoms with E-state index < -0.39 is 23.1 Å². The van der Waals surface area contributed by atoms with Gasteiger partial charge in [0.15, 0.2) is 18.3 Å². The lowest BCUT2D eigenvalue weighted by Gasteiger charge is -2.35. The first-order valence-corrected chi connectivity index (χ1v) is 8.06. The van der Waals surface area contributed by atoms with E-state index in [-0.39, 0.29) is 0 Å². The third-order valence-corrected chi connectivity index (χ3v) is 6.44. The molecule has 1 aromatic carbocycles. The monoisotopic (exact) mass is 343 g/mol. The first-order chi connectivity index (χ1) is 9.05. The van der Waals surface area contributed by atoms with E-state index in [1.54, 1.807) is 6.92 Å². The number of aliphatic hydroxyl groups excluding tert-OH is 1. The van der Waals surface area contributed by atoms with Gasteiger partial charge in [0.1, 0.15) is 0 Å². The number of hydrogen-bond donors (Lipinski definition) is 2. The Morgan fingerprint density at radius 3 is 3.16 bits per heavy atom. The highest BCUT2D eigenvalue weighted by atomic mass is 79.9. The van der Waals surface area contributed by atoms with Crippen LogP contribution in [0.4, 0.5) is 0 Å². The Balaban J connectivity index is 2.00. The minimum Gasteiger partial charge on any atom is -0.367 e. The number of hydrogen-bond acceptors (Lipinski definition) is 4. The Bertz CT molecular complexity index is 565. The summed E-state index contributed by atoms with van der Waals surface area (Å²) in [6.07, 6.45) is 1.90. The molecular formula is C13H14BrNO3S. The molecule has 3 rings (SSSR count). The average Bonchev–Trinajstić information content (AvgIpc) is 2.92. The molecule has 1 saturated heterocycles. The maximum Gasteiger partial charge on any atom is 0.186 e. The molecule has 2 aliphatic rings. The van der Waals surface area contributed by atoms with Crippen molar-refractivity contribution < 1.29 is 14.6 Å². The maximum absolute atomic E-state index is 11.3. The van der Waals surface area contributed by atoms with Crippen LogP contribution in [0, 0.1) is 0 Å². The third-order valence-electron chi connectivity index (χ3n) is 3.35. The van der Waals surface area contributed by atoms with Crippen LogP contribution in [0.25, 0.3) is 6.08 Å². The van der Waals surface area contributed by atoms with E-state index in [0.717, 1.165) is 16.3 Å². The van der Waals surface area contributed by atoms with Crippen LogP contribution in [-0.2, 0) is 9.53 Å². The van der Waals surface area contributed by atoms with Gasteiger partial charge < -0.3 is 9.84 Å². The molecule has 0 aliphatic carbocycles. The van der Waals surface area contributed by atoms with Crippen LogP contribution >= 0.6 is 27.0 Å². The quantitative estimate of drug-likeness (QED) is 0.638. The van der Waals surface area contributed by atoms with Crippen molar-refractivity contribution in [1.29, 1.82) is 0 Å². The van der Waals surface area contributed by atoms with Crippen LogP contribution in [0.5, 0.6) is 0 Å². The van der Waals surface area contributed by atoms with Crippen molar-refractivity contribution in [2.45, 2.75) is 23.8 Å². The highest BCUT2D eigenvalue weighted by molar-refractivity contribution is 9.10. The molecule has 19 heavy (non-hydrogen) atoms. The van der Waals surface area contributed by atoms with E-state index in [0.29, 0.717) is 6.54 Å². The van der Waals surface area contributed by atoms with Gasteiger partial charge in [-0.15, -0.1) is 11.1 Å². The van der Waals surface area contributed by atoms with Crippen molar-refractivity contribution in [1.82, 2.24) is 4.31 Å². The standard InChI is InChI=1S/C13H14BrNO3S/c1-13(8-16)15(7-12(17)18-13)19-6-5-9-10(14)3-2-4-11(9)19/h2-6,8,12,17,19H,7H2,1H3/t12-,13?/m1/s1. The highest BCUT2D eigenvalue weighted by Crippen LogP contribution is 2.54. The number of carbonyl (C=O) groups excluding carboxylic acids is 1. The summed E-state index contributed by atoms with van der Waals surface area (Å²) in [6.45, 7) is 2.04. The van der Waals surface area contributed by atoms with Gasteiger partial charge in [-0.3, -0.25) is 4.79 Å². The number of fused-ring (bicyclic) bond motifs is 1. The normalized spacial score (nSPS) is 35.5. The number of aldehydes is 1. The van der Waals surface area contributed by atoms with Gasteiger partial charge in [-0.2, -0.15) is 0 Å². The summed E-state index contributed by atoms with van der Waals surface area (Å²) in [4.78, 5) is 12.5. The molecule has 1 N–H and O–H groups in total.